The van der Waals surface area contributed by atoms with E-state index in [1.165, 1.54) is 11.6 Å². The van der Waals surface area contributed by atoms with Gasteiger partial charge in [0, 0.05) is 39.3 Å². The molecule has 0 unspecified atom stereocenters. The van der Waals surface area contributed by atoms with Gasteiger partial charge < -0.3 is 10.2 Å². The highest BCUT2D eigenvalue weighted by atomic mass is 19.1. The highest BCUT2D eigenvalue weighted by molar-refractivity contribution is 5.74. The lowest BCUT2D eigenvalue weighted by molar-refractivity contribution is 0.140. The highest BCUT2D eigenvalue weighted by Gasteiger charge is 2.20. The van der Waals surface area contributed by atoms with Gasteiger partial charge in [-0.05, 0) is 30.0 Å². The van der Waals surface area contributed by atoms with Gasteiger partial charge in [-0.1, -0.05) is 48.5 Å². The first-order valence-electron chi connectivity index (χ1n) is 9.25. The van der Waals surface area contributed by atoms with E-state index in [0.29, 0.717) is 18.5 Å². The van der Waals surface area contributed by atoms with Gasteiger partial charge in [0.05, 0.1) is 0 Å². The van der Waals surface area contributed by atoms with Crippen molar-refractivity contribution in [2.45, 2.75) is 12.8 Å². The standard InChI is InChI=1S/C21H26FN3O/c22-20-9-5-4-8-19(20)10-12-23-21(26)25-16-14-24(15-17-25)13-11-18-6-2-1-3-7-18/h1-9H,10-17H2,(H,23,26). The van der Waals surface area contributed by atoms with E-state index in [0.717, 1.165) is 39.1 Å². The summed E-state index contributed by atoms with van der Waals surface area (Å²) in [5.74, 6) is -0.214. The van der Waals surface area contributed by atoms with Gasteiger partial charge in [0.2, 0.25) is 0 Å². The molecule has 1 fully saturated rings. The number of piperazine rings is 1. The van der Waals surface area contributed by atoms with Crippen molar-refractivity contribution in [2.75, 3.05) is 39.3 Å². The van der Waals surface area contributed by atoms with Gasteiger partial charge >= 0.3 is 6.03 Å². The summed E-state index contributed by atoms with van der Waals surface area (Å²) >= 11 is 0. The number of carbonyl (C=O) groups is 1. The number of hydrogen-bond donors (Lipinski definition) is 1. The summed E-state index contributed by atoms with van der Waals surface area (Å²) in [6.07, 6.45) is 1.55. The Morgan fingerprint density at radius 2 is 1.62 bits per heavy atom. The van der Waals surface area contributed by atoms with Crippen LogP contribution in [0.1, 0.15) is 11.1 Å². The third-order valence-electron chi connectivity index (χ3n) is 4.85. The summed E-state index contributed by atoms with van der Waals surface area (Å²) in [6.45, 7) is 4.74. The molecule has 0 saturated carbocycles. The second-order valence-electron chi connectivity index (χ2n) is 6.64. The molecule has 2 aromatic rings. The predicted octanol–water partition coefficient (Wildman–Crippen LogP) is 2.94. The van der Waals surface area contributed by atoms with Crippen molar-refractivity contribution >= 4 is 6.03 Å². The number of nitrogens with zero attached hydrogens (tertiary/aromatic N) is 2. The van der Waals surface area contributed by atoms with E-state index in [9.17, 15) is 9.18 Å². The first kappa shape index (κ1) is 18.4. The Morgan fingerprint density at radius 1 is 0.923 bits per heavy atom. The fourth-order valence-electron chi connectivity index (χ4n) is 3.22. The van der Waals surface area contributed by atoms with Crippen LogP contribution in [0.4, 0.5) is 9.18 Å². The fourth-order valence-corrected chi connectivity index (χ4v) is 3.22. The maximum atomic E-state index is 13.6. The van der Waals surface area contributed by atoms with Crippen LogP contribution in [0.2, 0.25) is 0 Å². The monoisotopic (exact) mass is 355 g/mol. The van der Waals surface area contributed by atoms with Gasteiger partial charge in [-0.2, -0.15) is 0 Å². The average molecular weight is 355 g/mol. The zero-order valence-electron chi connectivity index (χ0n) is 15.0. The quantitative estimate of drug-likeness (QED) is 0.865. The molecule has 0 bridgehead atoms. The number of carbonyl (C=O) groups excluding carboxylic acids is 1. The molecule has 5 heteroatoms. The lowest BCUT2D eigenvalue weighted by Gasteiger charge is -2.34. The van der Waals surface area contributed by atoms with Gasteiger partial charge in [0.25, 0.3) is 0 Å². The van der Waals surface area contributed by atoms with E-state index < -0.39 is 0 Å². The van der Waals surface area contributed by atoms with Crippen LogP contribution in [0.3, 0.4) is 0 Å². The molecule has 0 aliphatic carbocycles. The van der Waals surface area contributed by atoms with Gasteiger partial charge in [0.15, 0.2) is 0 Å². The van der Waals surface area contributed by atoms with E-state index in [-0.39, 0.29) is 11.8 Å². The van der Waals surface area contributed by atoms with E-state index in [1.807, 2.05) is 17.0 Å². The molecule has 1 heterocycles. The minimum atomic E-state index is -0.214. The fraction of sp³-hybridized carbons (Fsp3) is 0.381. The largest absolute Gasteiger partial charge is 0.338 e. The Hall–Kier alpha value is -2.40. The van der Waals surface area contributed by atoms with Crippen molar-refractivity contribution in [3.63, 3.8) is 0 Å². The molecule has 4 nitrogen and oxygen atoms in total. The molecule has 1 aliphatic rings. The van der Waals surface area contributed by atoms with Crippen LogP contribution in [-0.4, -0.2) is 55.1 Å². The van der Waals surface area contributed by atoms with Gasteiger partial charge in [0.1, 0.15) is 5.82 Å². The molecule has 138 valence electrons. The maximum Gasteiger partial charge on any atom is 0.317 e. The Balaban J connectivity index is 1.35. The Labute approximate surface area is 154 Å². The molecule has 0 radical (unpaired) electrons. The summed E-state index contributed by atoms with van der Waals surface area (Å²) in [5.41, 5.74) is 1.99. The van der Waals surface area contributed by atoms with Gasteiger partial charge in [-0.25, -0.2) is 9.18 Å². The normalized spacial score (nSPS) is 15.0. The summed E-state index contributed by atoms with van der Waals surface area (Å²) in [6, 6.07) is 17.1. The first-order valence-corrected chi connectivity index (χ1v) is 9.25. The van der Waals surface area contributed by atoms with Crippen LogP contribution in [-0.2, 0) is 12.8 Å². The van der Waals surface area contributed by atoms with Crippen LogP contribution >= 0.6 is 0 Å². The van der Waals surface area contributed by atoms with Crippen LogP contribution in [0, 0.1) is 5.82 Å². The zero-order chi connectivity index (χ0) is 18.2. The van der Waals surface area contributed by atoms with Crippen molar-refractivity contribution in [3.8, 4) is 0 Å². The Morgan fingerprint density at radius 3 is 2.35 bits per heavy atom. The molecule has 2 amide bonds. The van der Waals surface area contributed by atoms with Crippen molar-refractivity contribution in [1.29, 1.82) is 0 Å². The minimum absolute atomic E-state index is 0.0518. The Bertz CT molecular complexity index is 699. The maximum absolute atomic E-state index is 13.6. The second kappa shape index (κ2) is 9.34. The molecular formula is C21H26FN3O. The number of halogens is 1. The smallest absolute Gasteiger partial charge is 0.317 e. The highest BCUT2D eigenvalue weighted by Crippen LogP contribution is 2.08. The third-order valence-corrected chi connectivity index (χ3v) is 4.85. The number of nitrogens with one attached hydrogen (secondary N) is 1. The lowest BCUT2D eigenvalue weighted by atomic mass is 10.1. The third kappa shape index (κ3) is 5.30. The summed E-state index contributed by atoms with van der Waals surface area (Å²) in [5, 5.41) is 2.90. The Kier molecular flexibility index (Phi) is 6.61. The van der Waals surface area contributed by atoms with E-state index >= 15 is 0 Å². The van der Waals surface area contributed by atoms with Crippen molar-refractivity contribution in [2.24, 2.45) is 0 Å². The van der Waals surface area contributed by atoms with Gasteiger partial charge in [-0.15, -0.1) is 0 Å². The molecule has 0 spiro atoms. The number of rotatable bonds is 6. The summed E-state index contributed by atoms with van der Waals surface area (Å²) in [4.78, 5) is 16.5. The first-order chi connectivity index (χ1) is 12.7. The molecular weight excluding hydrogens is 329 g/mol. The predicted molar refractivity (Wildman–Crippen MR) is 102 cm³/mol. The van der Waals surface area contributed by atoms with Crippen LogP contribution in [0.15, 0.2) is 54.6 Å². The van der Waals surface area contributed by atoms with Crippen LogP contribution in [0.25, 0.3) is 0 Å². The van der Waals surface area contributed by atoms with E-state index in [4.69, 9.17) is 0 Å². The lowest BCUT2D eigenvalue weighted by Crippen LogP contribution is -2.52. The molecule has 3 rings (SSSR count). The summed E-state index contributed by atoms with van der Waals surface area (Å²) < 4.78 is 13.6. The topological polar surface area (TPSA) is 35.6 Å². The van der Waals surface area contributed by atoms with E-state index in [1.54, 1.807) is 12.1 Å². The average Bonchev–Trinajstić information content (AvgIpc) is 2.69. The SMILES string of the molecule is O=C(NCCc1ccccc1F)N1CCN(CCc2ccccc2)CC1. The van der Waals surface area contributed by atoms with Gasteiger partial charge in [-0.3, -0.25) is 4.90 Å². The van der Waals surface area contributed by atoms with Crippen LogP contribution < -0.4 is 5.32 Å². The second-order valence-corrected chi connectivity index (χ2v) is 6.64. The number of amides is 2. The van der Waals surface area contributed by atoms with Crippen LogP contribution in [0.5, 0.6) is 0 Å². The van der Waals surface area contributed by atoms with Crippen molar-refractivity contribution in [1.82, 2.24) is 15.1 Å². The molecule has 1 aliphatic heterocycles. The molecule has 1 saturated heterocycles. The van der Waals surface area contributed by atoms with Crippen molar-refractivity contribution in [3.05, 3.63) is 71.5 Å². The zero-order valence-corrected chi connectivity index (χ0v) is 15.0. The molecule has 1 N–H and O–H groups in total. The molecule has 26 heavy (non-hydrogen) atoms. The summed E-state index contributed by atoms with van der Waals surface area (Å²) in [7, 11) is 0. The minimum Gasteiger partial charge on any atom is -0.338 e. The van der Waals surface area contributed by atoms with E-state index in [2.05, 4.69) is 34.5 Å². The molecule has 0 atom stereocenters. The van der Waals surface area contributed by atoms with Crippen molar-refractivity contribution < 1.29 is 9.18 Å². The number of benzene rings is 2. The molecule has 2 aromatic carbocycles. The molecule has 0 aromatic heterocycles. The number of hydrogen-bond acceptors (Lipinski definition) is 2. The number of urea groups is 1.